The van der Waals surface area contributed by atoms with Crippen molar-refractivity contribution in [2.45, 2.75) is 45.2 Å². The van der Waals surface area contributed by atoms with Crippen molar-refractivity contribution in [3.63, 3.8) is 0 Å². The van der Waals surface area contributed by atoms with E-state index in [1.165, 1.54) is 5.56 Å². The molecular weight excluding hydrogens is 484 g/mol. The lowest BCUT2D eigenvalue weighted by Gasteiger charge is -2.25. The molecule has 1 aromatic heterocycles. The fraction of sp³-hybridized carbons (Fsp3) is 0.333. The predicted octanol–water partition coefficient (Wildman–Crippen LogP) is 6.55. The molecule has 1 atom stereocenters. The molecule has 6 heteroatoms. The first-order valence-corrected chi connectivity index (χ1v) is 13.7. The molecule has 0 aliphatic carbocycles. The zero-order valence-corrected chi connectivity index (χ0v) is 23.6. The van der Waals surface area contributed by atoms with E-state index < -0.39 is 0 Å². The molecule has 0 spiro atoms. The van der Waals surface area contributed by atoms with Gasteiger partial charge in [0.05, 0.1) is 18.3 Å². The van der Waals surface area contributed by atoms with Gasteiger partial charge in [0.15, 0.2) is 0 Å². The van der Waals surface area contributed by atoms with Crippen LogP contribution in [0.1, 0.15) is 37.3 Å². The second-order valence-corrected chi connectivity index (χ2v) is 10.3. The molecule has 4 aromatic rings. The summed E-state index contributed by atoms with van der Waals surface area (Å²) < 4.78 is 5.50. The van der Waals surface area contributed by atoms with Crippen LogP contribution in [0.3, 0.4) is 0 Å². The van der Waals surface area contributed by atoms with Gasteiger partial charge < -0.3 is 19.9 Å². The predicted molar refractivity (Wildman–Crippen MR) is 162 cm³/mol. The molecule has 0 fully saturated rings. The lowest BCUT2D eigenvalue weighted by Crippen LogP contribution is -2.32. The quantitative estimate of drug-likeness (QED) is 0.215. The third-order valence-corrected chi connectivity index (χ3v) is 7.03. The van der Waals surface area contributed by atoms with Crippen LogP contribution in [0.5, 0.6) is 5.75 Å². The minimum Gasteiger partial charge on any atom is -0.497 e. The van der Waals surface area contributed by atoms with Crippen LogP contribution in [0.2, 0.25) is 0 Å². The minimum atomic E-state index is 0.194. The number of carbonyl (C=O) groups excluding carboxylic acids is 1. The maximum Gasteiger partial charge on any atom is 0.223 e. The monoisotopic (exact) mass is 524 g/mol. The summed E-state index contributed by atoms with van der Waals surface area (Å²) in [5.41, 5.74) is 5.39. The van der Waals surface area contributed by atoms with Crippen LogP contribution in [-0.2, 0) is 17.8 Å². The van der Waals surface area contributed by atoms with Crippen LogP contribution < -0.4 is 15.0 Å². The number of hydrogen-bond donors (Lipinski definition) is 1. The number of benzene rings is 3. The van der Waals surface area contributed by atoms with Gasteiger partial charge >= 0.3 is 0 Å². The number of aryl methyl sites for hydroxylation is 1. The smallest absolute Gasteiger partial charge is 0.223 e. The largest absolute Gasteiger partial charge is 0.497 e. The van der Waals surface area contributed by atoms with E-state index in [2.05, 4.69) is 58.5 Å². The van der Waals surface area contributed by atoms with Crippen molar-refractivity contribution in [2.24, 2.45) is 0 Å². The summed E-state index contributed by atoms with van der Waals surface area (Å²) in [5.74, 6) is 1.000. The van der Waals surface area contributed by atoms with E-state index in [0.29, 0.717) is 19.5 Å². The summed E-state index contributed by atoms with van der Waals surface area (Å²) in [4.78, 5) is 22.0. The summed E-state index contributed by atoms with van der Waals surface area (Å²) in [5, 5.41) is 4.67. The fourth-order valence-corrected chi connectivity index (χ4v) is 4.78. The summed E-state index contributed by atoms with van der Waals surface area (Å²) in [6.07, 6.45) is 4.90. The molecule has 6 nitrogen and oxygen atoms in total. The lowest BCUT2D eigenvalue weighted by molar-refractivity contribution is -0.131. The molecule has 3 aromatic carbocycles. The lowest BCUT2D eigenvalue weighted by atomic mass is 10.1. The Labute approximate surface area is 232 Å². The summed E-state index contributed by atoms with van der Waals surface area (Å²) in [6.45, 7) is 3.51. The molecule has 4 rings (SSSR count). The zero-order chi connectivity index (χ0) is 27.6. The molecular formula is C33H40N4O2. The van der Waals surface area contributed by atoms with E-state index in [0.717, 1.165) is 52.9 Å². The molecule has 1 unspecified atom stereocenters. The zero-order valence-electron chi connectivity index (χ0n) is 23.6. The number of nitrogens with one attached hydrogen (secondary N) is 1. The van der Waals surface area contributed by atoms with Gasteiger partial charge in [-0.05, 0) is 61.6 Å². The van der Waals surface area contributed by atoms with Crippen LogP contribution in [0.25, 0.3) is 10.9 Å². The number of ether oxygens (including phenoxy) is 1. The molecule has 0 saturated carbocycles. The standard InChI is InChI=1S/C33H40N4O2/c1-25(35-31-23-30(39-4)22-28-13-8-20-34-33(28)31)10-9-21-37(24-27-14-17-29(18-15-27)36(2)3)32(38)19-16-26-11-6-5-7-12-26/h5-8,11-15,17-18,20,22-23,25,35H,9-10,16,19,21,24H2,1-4H3. The SMILES string of the molecule is COc1cc(NC(C)CCCN(Cc2ccc(N(C)C)cc2)C(=O)CCc2ccccc2)c2ncccc2c1. The first kappa shape index (κ1) is 28.0. The van der Waals surface area contributed by atoms with Crippen LogP contribution in [-0.4, -0.2) is 49.6 Å². The summed E-state index contributed by atoms with van der Waals surface area (Å²) in [7, 11) is 5.75. The van der Waals surface area contributed by atoms with Gasteiger partial charge in [-0.3, -0.25) is 9.78 Å². The van der Waals surface area contributed by atoms with E-state index >= 15 is 0 Å². The normalized spacial score (nSPS) is 11.7. The Kier molecular flexibility index (Phi) is 9.79. The van der Waals surface area contributed by atoms with Crippen molar-refractivity contribution in [2.75, 3.05) is 38.0 Å². The number of nitrogens with zero attached hydrogens (tertiary/aromatic N) is 3. The van der Waals surface area contributed by atoms with Gasteiger partial charge in [-0.25, -0.2) is 0 Å². The van der Waals surface area contributed by atoms with Gasteiger partial charge in [0, 0.05) is 63.0 Å². The number of pyridine rings is 1. The van der Waals surface area contributed by atoms with Crippen molar-refractivity contribution in [3.8, 4) is 5.75 Å². The van der Waals surface area contributed by atoms with Crippen LogP contribution >= 0.6 is 0 Å². The van der Waals surface area contributed by atoms with E-state index in [9.17, 15) is 4.79 Å². The van der Waals surface area contributed by atoms with Crippen molar-refractivity contribution < 1.29 is 9.53 Å². The van der Waals surface area contributed by atoms with Crippen molar-refractivity contribution in [1.82, 2.24) is 9.88 Å². The molecule has 1 N–H and O–H groups in total. The number of fused-ring (bicyclic) bond motifs is 1. The van der Waals surface area contributed by atoms with E-state index in [1.54, 1.807) is 7.11 Å². The number of anilines is 2. The summed E-state index contributed by atoms with van der Waals surface area (Å²) >= 11 is 0. The molecule has 0 saturated heterocycles. The third-order valence-electron chi connectivity index (χ3n) is 7.03. The number of rotatable bonds is 13. The average molecular weight is 525 g/mol. The third kappa shape index (κ3) is 7.96. The van der Waals surface area contributed by atoms with E-state index in [4.69, 9.17) is 4.74 Å². The first-order chi connectivity index (χ1) is 18.9. The van der Waals surface area contributed by atoms with Gasteiger partial charge in [-0.2, -0.15) is 0 Å². The number of carbonyl (C=O) groups is 1. The Morgan fingerprint density at radius 1 is 0.974 bits per heavy atom. The second-order valence-electron chi connectivity index (χ2n) is 10.3. The highest BCUT2D eigenvalue weighted by Gasteiger charge is 2.16. The Hall–Kier alpha value is -4.06. The average Bonchev–Trinajstić information content (AvgIpc) is 2.96. The van der Waals surface area contributed by atoms with Gasteiger partial charge in [-0.15, -0.1) is 0 Å². The Morgan fingerprint density at radius 2 is 1.74 bits per heavy atom. The Morgan fingerprint density at radius 3 is 2.46 bits per heavy atom. The molecule has 204 valence electrons. The Balaban J connectivity index is 1.39. The molecule has 1 heterocycles. The second kappa shape index (κ2) is 13.7. The highest BCUT2D eigenvalue weighted by atomic mass is 16.5. The molecule has 1 amide bonds. The molecule has 0 radical (unpaired) electrons. The summed E-state index contributed by atoms with van der Waals surface area (Å²) in [6, 6.07) is 26.9. The van der Waals surface area contributed by atoms with Crippen molar-refractivity contribution >= 4 is 28.2 Å². The molecule has 0 aliphatic rings. The van der Waals surface area contributed by atoms with Crippen molar-refractivity contribution in [3.05, 3.63) is 96.2 Å². The highest BCUT2D eigenvalue weighted by Crippen LogP contribution is 2.28. The van der Waals surface area contributed by atoms with Crippen LogP contribution in [0.15, 0.2) is 85.1 Å². The van der Waals surface area contributed by atoms with E-state index in [1.807, 2.05) is 67.7 Å². The fourth-order valence-electron chi connectivity index (χ4n) is 4.78. The number of methoxy groups -OCH3 is 1. The number of amides is 1. The molecule has 39 heavy (non-hydrogen) atoms. The highest BCUT2D eigenvalue weighted by molar-refractivity contribution is 5.91. The first-order valence-electron chi connectivity index (χ1n) is 13.7. The van der Waals surface area contributed by atoms with Crippen molar-refractivity contribution in [1.29, 1.82) is 0 Å². The molecule has 0 aliphatic heterocycles. The number of aromatic nitrogens is 1. The van der Waals surface area contributed by atoms with Crippen LogP contribution in [0, 0.1) is 0 Å². The maximum absolute atomic E-state index is 13.4. The van der Waals surface area contributed by atoms with E-state index in [-0.39, 0.29) is 11.9 Å². The van der Waals surface area contributed by atoms with Gasteiger partial charge in [0.1, 0.15) is 5.75 Å². The number of hydrogen-bond acceptors (Lipinski definition) is 5. The topological polar surface area (TPSA) is 57.7 Å². The van der Waals surface area contributed by atoms with Gasteiger partial charge in [-0.1, -0.05) is 48.5 Å². The Bertz CT molecular complexity index is 1340. The maximum atomic E-state index is 13.4. The molecule has 0 bridgehead atoms. The van der Waals surface area contributed by atoms with Crippen LogP contribution in [0.4, 0.5) is 11.4 Å². The van der Waals surface area contributed by atoms with Gasteiger partial charge in [0.25, 0.3) is 0 Å². The van der Waals surface area contributed by atoms with Gasteiger partial charge in [0.2, 0.25) is 5.91 Å². The minimum absolute atomic E-state index is 0.194.